The number of rotatable bonds is 3. The molecule has 0 aliphatic carbocycles. The van der Waals surface area contributed by atoms with Crippen LogP contribution in [0.25, 0.3) is 11.0 Å². The first kappa shape index (κ1) is 11.4. The summed E-state index contributed by atoms with van der Waals surface area (Å²) in [6.07, 6.45) is 1.65. The van der Waals surface area contributed by atoms with Crippen LogP contribution in [0.5, 0.6) is 0 Å². The Morgan fingerprint density at radius 1 is 1.17 bits per heavy atom. The molecule has 0 saturated heterocycles. The minimum absolute atomic E-state index is 0.0915. The quantitative estimate of drug-likeness (QED) is 0.775. The van der Waals surface area contributed by atoms with Gasteiger partial charge in [-0.15, -0.1) is 0 Å². The van der Waals surface area contributed by atoms with Crippen molar-refractivity contribution in [3.8, 4) is 0 Å². The molecule has 4 heteroatoms. The van der Waals surface area contributed by atoms with Crippen LogP contribution < -0.4 is 5.32 Å². The van der Waals surface area contributed by atoms with Crippen LogP contribution in [0, 0.1) is 0 Å². The Labute approximate surface area is 109 Å². The molecule has 0 fully saturated rings. The van der Waals surface area contributed by atoms with Gasteiger partial charge in [0.05, 0.1) is 6.26 Å². The molecule has 1 aromatic carbocycles. The zero-order valence-electron chi connectivity index (χ0n) is 9.81. The molecule has 0 bridgehead atoms. The molecule has 2 heterocycles. The monoisotopic (exact) mass is 261 g/mol. The molecule has 1 N–H and O–H groups in total. The smallest absolute Gasteiger partial charge is 0.134 e. The van der Waals surface area contributed by atoms with Crippen LogP contribution >= 0.6 is 11.6 Å². The fraction of sp³-hybridized carbons (Fsp3) is 0.143. The molecule has 0 aliphatic heterocycles. The molecular formula is C14H12ClNO2. The van der Waals surface area contributed by atoms with Crippen LogP contribution in [0.3, 0.4) is 0 Å². The molecule has 0 saturated carbocycles. The van der Waals surface area contributed by atoms with Gasteiger partial charge in [0.25, 0.3) is 0 Å². The highest BCUT2D eigenvalue weighted by molar-refractivity contribution is 6.31. The average molecular weight is 262 g/mol. The van der Waals surface area contributed by atoms with Crippen molar-refractivity contribution in [2.75, 3.05) is 7.05 Å². The van der Waals surface area contributed by atoms with Crippen LogP contribution in [0.2, 0.25) is 5.02 Å². The van der Waals surface area contributed by atoms with Crippen molar-refractivity contribution in [3.05, 3.63) is 59.2 Å². The van der Waals surface area contributed by atoms with Gasteiger partial charge in [-0.2, -0.15) is 0 Å². The second kappa shape index (κ2) is 4.52. The van der Waals surface area contributed by atoms with Gasteiger partial charge < -0.3 is 14.2 Å². The standard InChI is InChI=1S/C14H12ClNO2/c1-16-14(12-3-2-6-17-12)13-8-9-7-10(15)4-5-11(9)18-13/h2-8,14,16H,1H3. The molecule has 3 nitrogen and oxygen atoms in total. The third-order valence-corrected chi connectivity index (χ3v) is 3.13. The highest BCUT2D eigenvalue weighted by Gasteiger charge is 2.19. The van der Waals surface area contributed by atoms with E-state index >= 15 is 0 Å². The van der Waals surface area contributed by atoms with Gasteiger partial charge >= 0.3 is 0 Å². The fourth-order valence-electron chi connectivity index (χ4n) is 2.06. The first-order chi connectivity index (χ1) is 8.78. The first-order valence-corrected chi connectivity index (χ1v) is 6.05. The highest BCUT2D eigenvalue weighted by Crippen LogP contribution is 2.29. The lowest BCUT2D eigenvalue weighted by atomic mass is 10.1. The Kier molecular flexibility index (Phi) is 2.86. The van der Waals surface area contributed by atoms with Crippen molar-refractivity contribution >= 4 is 22.6 Å². The molecular weight excluding hydrogens is 250 g/mol. The lowest BCUT2D eigenvalue weighted by Crippen LogP contribution is -2.16. The summed E-state index contributed by atoms with van der Waals surface area (Å²) >= 11 is 5.97. The van der Waals surface area contributed by atoms with E-state index in [1.165, 1.54) is 0 Å². The van der Waals surface area contributed by atoms with Gasteiger partial charge in [0.15, 0.2) is 0 Å². The van der Waals surface area contributed by atoms with Crippen molar-refractivity contribution in [1.82, 2.24) is 5.32 Å². The molecule has 18 heavy (non-hydrogen) atoms. The van der Waals surface area contributed by atoms with Crippen molar-refractivity contribution in [1.29, 1.82) is 0 Å². The third kappa shape index (κ3) is 1.92. The van der Waals surface area contributed by atoms with Gasteiger partial charge in [-0.1, -0.05) is 11.6 Å². The number of nitrogens with one attached hydrogen (secondary N) is 1. The molecule has 0 amide bonds. The Balaban J connectivity index is 2.07. The number of furan rings is 2. The van der Waals surface area contributed by atoms with Gasteiger partial charge in [0.2, 0.25) is 0 Å². The molecule has 1 atom stereocenters. The van der Waals surface area contributed by atoms with Crippen molar-refractivity contribution < 1.29 is 8.83 Å². The van der Waals surface area contributed by atoms with Crippen LogP contribution in [0.4, 0.5) is 0 Å². The zero-order chi connectivity index (χ0) is 12.5. The number of hydrogen-bond donors (Lipinski definition) is 1. The lowest BCUT2D eigenvalue weighted by Gasteiger charge is -2.09. The Morgan fingerprint density at radius 2 is 2.06 bits per heavy atom. The topological polar surface area (TPSA) is 38.3 Å². The SMILES string of the molecule is CNC(c1ccco1)c1cc2cc(Cl)ccc2o1. The minimum Gasteiger partial charge on any atom is -0.467 e. The summed E-state index contributed by atoms with van der Waals surface area (Å²) in [6.45, 7) is 0. The third-order valence-electron chi connectivity index (χ3n) is 2.90. The van der Waals surface area contributed by atoms with E-state index in [1.807, 2.05) is 43.4 Å². The summed E-state index contributed by atoms with van der Waals surface area (Å²) < 4.78 is 11.2. The maximum atomic E-state index is 5.97. The predicted molar refractivity (Wildman–Crippen MR) is 70.8 cm³/mol. The maximum absolute atomic E-state index is 5.97. The molecule has 3 rings (SSSR count). The van der Waals surface area contributed by atoms with Crippen LogP contribution in [-0.4, -0.2) is 7.05 Å². The molecule has 0 spiro atoms. The Hall–Kier alpha value is -1.71. The number of halogens is 1. The lowest BCUT2D eigenvalue weighted by molar-refractivity contribution is 0.415. The molecule has 1 unspecified atom stereocenters. The van der Waals surface area contributed by atoms with E-state index in [0.29, 0.717) is 5.02 Å². The first-order valence-electron chi connectivity index (χ1n) is 5.67. The molecule has 3 aromatic rings. The molecule has 92 valence electrons. The van der Waals surface area contributed by atoms with Crippen LogP contribution in [-0.2, 0) is 0 Å². The summed E-state index contributed by atoms with van der Waals surface area (Å²) in [5.41, 5.74) is 0.821. The van der Waals surface area contributed by atoms with E-state index in [9.17, 15) is 0 Å². The van der Waals surface area contributed by atoms with Crippen LogP contribution in [0.1, 0.15) is 17.6 Å². The van der Waals surface area contributed by atoms with Crippen LogP contribution in [0.15, 0.2) is 51.5 Å². The van der Waals surface area contributed by atoms with Crippen molar-refractivity contribution in [2.24, 2.45) is 0 Å². The van der Waals surface area contributed by atoms with E-state index in [2.05, 4.69) is 5.32 Å². The molecule has 0 aliphatic rings. The van der Waals surface area contributed by atoms with E-state index in [-0.39, 0.29) is 6.04 Å². The zero-order valence-corrected chi connectivity index (χ0v) is 10.6. The summed E-state index contributed by atoms with van der Waals surface area (Å²) in [5.74, 6) is 1.63. The largest absolute Gasteiger partial charge is 0.467 e. The Morgan fingerprint density at radius 3 is 2.78 bits per heavy atom. The van der Waals surface area contributed by atoms with E-state index in [4.69, 9.17) is 20.4 Å². The number of benzene rings is 1. The normalized spacial score (nSPS) is 13.0. The van der Waals surface area contributed by atoms with Gasteiger partial charge in [-0.3, -0.25) is 0 Å². The van der Waals surface area contributed by atoms with Crippen molar-refractivity contribution in [3.63, 3.8) is 0 Å². The average Bonchev–Trinajstić information content (AvgIpc) is 2.98. The second-order valence-electron chi connectivity index (χ2n) is 4.07. The van der Waals surface area contributed by atoms with E-state index in [1.54, 1.807) is 6.26 Å². The van der Waals surface area contributed by atoms with Gasteiger partial charge in [0, 0.05) is 10.4 Å². The molecule has 0 radical (unpaired) electrons. The van der Waals surface area contributed by atoms with E-state index in [0.717, 1.165) is 22.5 Å². The Bertz CT molecular complexity index is 658. The van der Waals surface area contributed by atoms with Gasteiger partial charge in [0.1, 0.15) is 23.1 Å². The number of hydrogen-bond acceptors (Lipinski definition) is 3. The van der Waals surface area contributed by atoms with E-state index < -0.39 is 0 Å². The predicted octanol–water partition coefficient (Wildman–Crippen LogP) is 3.99. The number of fused-ring (bicyclic) bond motifs is 1. The summed E-state index contributed by atoms with van der Waals surface area (Å²) in [5, 5.41) is 4.87. The van der Waals surface area contributed by atoms with Gasteiger partial charge in [-0.05, 0) is 43.4 Å². The maximum Gasteiger partial charge on any atom is 0.134 e. The molecule has 2 aromatic heterocycles. The summed E-state index contributed by atoms with van der Waals surface area (Å²) in [4.78, 5) is 0. The summed E-state index contributed by atoms with van der Waals surface area (Å²) in [7, 11) is 1.87. The fourth-order valence-corrected chi connectivity index (χ4v) is 2.24. The second-order valence-corrected chi connectivity index (χ2v) is 4.50. The highest BCUT2D eigenvalue weighted by atomic mass is 35.5. The summed E-state index contributed by atoms with van der Waals surface area (Å²) in [6, 6.07) is 11.2. The minimum atomic E-state index is -0.0915. The van der Waals surface area contributed by atoms with Gasteiger partial charge in [-0.25, -0.2) is 0 Å². The van der Waals surface area contributed by atoms with Crippen molar-refractivity contribution in [2.45, 2.75) is 6.04 Å².